The van der Waals surface area contributed by atoms with Gasteiger partial charge in [0.2, 0.25) is 5.56 Å². The topological polar surface area (TPSA) is 79.6 Å². The molecule has 0 aromatic carbocycles. The predicted octanol–water partition coefficient (Wildman–Crippen LogP) is 0.178. The van der Waals surface area contributed by atoms with Crippen LogP contribution >= 0.6 is 0 Å². The second kappa shape index (κ2) is 4.87. The fraction of sp³-hybridized carbons (Fsp3) is 0.462. The first-order valence-corrected chi connectivity index (χ1v) is 6.09. The van der Waals surface area contributed by atoms with Crippen molar-refractivity contribution in [2.75, 3.05) is 13.1 Å². The average molecular weight is 264 g/mol. The van der Waals surface area contributed by atoms with Crippen molar-refractivity contribution in [1.29, 1.82) is 0 Å². The second-order valence-corrected chi connectivity index (χ2v) is 5.00. The molecule has 0 saturated carbocycles. The highest BCUT2D eigenvalue weighted by molar-refractivity contribution is 5.94. The SMILES string of the molecule is C[C@@H]1CN(C(=O)c2ccc(=O)n(C)c2)C[C@H]1C(=O)O. The number of carbonyl (C=O) groups excluding carboxylic acids is 1. The summed E-state index contributed by atoms with van der Waals surface area (Å²) in [5.41, 5.74) is 0.218. The number of carboxylic acids is 1. The summed E-state index contributed by atoms with van der Waals surface area (Å²) in [5.74, 6) is -1.68. The number of hydrogen-bond donors (Lipinski definition) is 1. The summed E-state index contributed by atoms with van der Waals surface area (Å²) >= 11 is 0. The number of aliphatic carboxylic acids is 1. The smallest absolute Gasteiger partial charge is 0.308 e. The Kier molecular flexibility index (Phi) is 3.42. The van der Waals surface area contributed by atoms with Crippen molar-refractivity contribution in [3.8, 4) is 0 Å². The minimum atomic E-state index is -0.872. The molecule has 1 aliphatic heterocycles. The number of aryl methyl sites for hydroxylation is 1. The Bertz CT molecular complexity index is 578. The number of amides is 1. The quantitative estimate of drug-likeness (QED) is 0.826. The van der Waals surface area contributed by atoms with Crippen LogP contribution in [0.3, 0.4) is 0 Å². The number of pyridine rings is 1. The Balaban J connectivity index is 2.19. The summed E-state index contributed by atoms with van der Waals surface area (Å²) < 4.78 is 1.33. The van der Waals surface area contributed by atoms with Gasteiger partial charge in [-0.3, -0.25) is 14.4 Å². The monoisotopic (exact) mass is 264 g/mol. The highest BCUT2D eigenvalue weighted by Crippen LogP contribution is 2.24. The molecule has 2 heterocycles. The van der Waals surface area contributed by atoms with Crippen LogP contribution in [0.1, 0.15) is 17.3 Å². The van der Waals surface area contributed by atoms with E-state index in [1.54, 1.807) is 7.05 Å². The number of aromatic nitrogens is 1. The molecule has 0 aliphatic carbocycles. The van der Waals surface area contributed by atoms with E-state index in [-0.39, 0.29) is 23.9 Å². The van der Waals surface area contributed by atoms with Gasteiger partial charge in [0, 0.05) is 32.4 Å². The summed E-state index contributed by atoms with van der Waals surface area (Å²) in [6.07, 6.45) is 1.48. The Morgan fingerprint density at radius 2 is 2.00 bits per heavy atom. The largest absolute Gasteiger partial charge is 0.481 e. The van der Waals surface area contributed by atoms with E-state index in [1.807, 2.05) is 6.92 Å². The van der Waals surface area contributed by atoms with Crippen LogP contribution in [0, 0.1) is 11.8 Å². The van der Waals surface area contributed by atoms with Crippen molar-refractivity contribution in [3.05, 3.63) is 34.2 Å². The van der Waals surface area contributed by atoms with Gasteiger partial charge in [-0.25, -0.2) is 0 Å². The van der Waals surface area contributed by atoms with Gasteiger partial charge in [-0.15, -0.1) is 0 Å². The van der Waals surface area contributed by atoms with Gasteiger partial charge in [0.05, 0.1) is 11.5 Å². The zero-order valence-corrected chi connectivity index (χ0v) is 10.9. The number of rotatable bonds is 2. The van der Waals surface area contributed by atoms with Gasteiger partial charge in [0.25, 0.3) is 5.91 Å². The molecule has 1 fully saturated rings. The van der Waals surface area contributed by atoms with E-state index < -0.39 is 11.9 Å². The fourth-order valence-electron chi connectivity index (χ4n) is 2.36. The molecule has 2 rings (SSSR count). The van der Waals surface area contributed by atoms with Gasteiger partial charge in [0.1, 0.15) is 0 Å². The van der Waals surface area contributed by atoms with Gasteiger partial charge in [-0.2, -0.15) is 0 Å². The predicted molar refractivity (Wildman–Crippen MR) is 67.9 cm³/mol. The zero-order valence-electron chi connectivity index (χ0n) is 10.9. The number of carboxylic acid groups (broad SMARTS) is 1. The van der Waals surface area contributed by atoms with Crippen molar-refractivity contribution in [2.45, 2.75) is 6.92 Å². The second-order valence-electron chi connectivity index (χ2n) is 5.00. The molecule has 102 valence electrons. The molecule has 19 heavy (non-hydrogen) atoms. The third-order valence-corrected chi connectivity index (χ3v) is 3.55. The van der Waals surface area contributed by atoms with Crippen molar-refractivity contribution in [3.63, 3.8) is 0 Å². The molecule has 0 radical (unpaired) electrons. The van der Waals surface area contributed by atoms with Gasteiger partial charge in [0.15, 0.2) is 0 Å². The van der Waals surface area contributed by atoms with Gasteiger partial charge in [-0.05, 0) is 12.0 Å². The normalized spacial score (nSPS) is 22.5. The van der Waals surface area contributed by atoms with E-state index in [1.165, 1.54) is 27.8 Å². The molecular formula is C13H16N2O4. The molecular weight excluding hydrogens is 248 g/mol. The maximum absolute atomic E-state index is 12.2. The van der Waals surface area contributed by atoms with Crippen molar-refractivity contribution in [1.82, 2.24) is 9.47 Å². The van der Waals surface area contributed by atoms with Crippen molar-refractivity contribution < 1.29 is 14.7 Å². The fourth-order valence-corrected chi connectivity index (χ4v) is 2.36. The lowest BCUT2D eigenvalue weighted by atomic mass is 9.99. The number of nitrogens with zero attached hydrogens (tertiary/aromatic N) is 2. The first-order valence-electron chi connectivity index (χ1n) is 6.09. The van der Waals surface area contributed by atoms with Crippen LogP contribution in [0.2, 0.25) is 0 Å². The lowest BCUT2D eigenvalue weighted by molar-refractivity contribution is -0.142. The maximum Gasteiger partial charge on any atom is 0.308 e. The van der Waals surface area contributed by atoms with Crippen LogP contribution in [-0.4, -0.2) is 39.5 Å². The third kappa shape index (κ3) is 2.52. The molecule has 6 heteroatoms. The van der Waals surface area contributed by atoms with E-state index in [0.717, 1.165) is 0 Å². The number of hydrogen-bond acceptors (Lipinski definition) is 3. The van der Waals surface area contributed by atoms with Crippen LogP contribution < -0.4 is 5.56 Å². The molecule has 2 atom stereocenters. The van der Waals surface area contributed by atoms with E-state index in [4.69, 9.17) is 5.11 Å². The molecule has 1 aromatic rings. The van der Waals surface area contributed by atoms with Crippen LogP contribution in [-0.2, 0) is 11.8 Å². The molecule has 1 saturated heterocycles. The van der Waals surface area contributed by atoms with Crippen LogP contribution in [0.25, 0.3) is 0 Å². The zero-order chi connectivity index (χ0) is 14.2. The van der Waals surface area contributed by atoms with Crippen LogP contribution in [0.15, 0.2) is 23.1 Å². The van der Waals surface area contributed by atoms with Crippen LogP contribution in [0.4, 0.5) is 0 Å². The Hall–Kier alpha value is -2.11. The number of carbonyl (C=O) groups is 2. The Labute approximate surface area is 110 Å². The standard InChI is InChI=1S/C13H16N2O4/c1-8-5-15(7-10(8)13(18)19)12(17)9-3-4-11(16)14(2)6-9/h3-4,6,8,10H,5,7H2,1-2H3,(H,18,19)/t8-,10-/m1/s1. The molecule has 1 amide bonds. The third-order valence-electron chi connectivity index (χ3n) is 3.55. The molecule has 1 aliphatic rings. The number of likely N-dealkylation sites (tertiary alicyclic amines) is 1. The molecule has 0 bridgehead atoms. The van der Waals surface area contributed by atoms with E-state index in [0.29, 0.717) is 12.1 Å². The average Bonchev–Trinajstić information content (AvgIpc) is 2.74. The highest BCUT2D eigenvalue weighted by Gasteiger charge is 2.37. The van der Waals surface area contributed by atoms with Crippen LogP contribution in [0.5, 0.6) is 0 Å². The lowest BCUT2D eigenvalue weighted by Gasteiger charge is -2.16. The molecule has 0 unspecified atom stereocenters. The first-order chi connectivity index (χ1) is 8.90. The maximum atomic E-state index is 12.2. The molecule has 6 nitrogen and oxygen atoms in total. The molecule has 1 N–H and O–H groups in total. The molecule has 1 aromatic heterocycles. The summed E-state index contributed by atoms with van der Waals surface area (Å²) in [5, 5.41) is 9.05. The summed E-state index contributed by atoms with van der Waals surface area (Å²) in [4.78, 5) is 36.1. The minimum absolute atomic E-state index is 0.0611. The van der Waals surface area contributed by atoms with Gasteiger partial charge < -0.3 is 14.6 Å². The van der Waals surface area contributed by atoms with Gasteiger partial charge in [-0.1, -0.05) is 6.92 Å². The first kappa shape index (κ1) is 13.3. The van der Waals surface area contributed by atoms with Crippen molar-refractivity contribution >= 4 is 11.9 Å². The Morgan fingerprint density at radius 3 is 2.53 bits per heavy atom. The van der Waals surface area contributed by atoms with E-state index in [9.17, 15) is 14.4 Å². The van der Waals surface area contributed by atoms with Gasteiger partial charge >= 0.3 is 5.97 Å². The lowest BCUT2D eigenvalue weighted by Crippen LogP contribution is -2.31. The summed E-state index contributed by atoms with van der Waals surface area (Å²) in [6.45, 7) is 2.48. The van der Waals surface area contributed by atoms with Crippen molar-refractivity contribution in [2.24, 2.45) is 18.9 Å². The van der Waals surface area contributed by atoms with E-state index >= 15 is 0 Å². The summed E-state index contributed by atoms with van der Waals surface area (Å²) in [6, 6.07) is 2.81. The summed E-state index contributed by atoms with van der Waals surface area (Å²) in [7, 11) is 1.58. The molecule has 0 spiro atoms. The minimum Gasteiger partial charge on any atom is -0.481 e. The Morgan fingerprint density at radius 1 is 1.32 bits per heavy atom. The highest BCUT2D eigenvalue weighted by atomic mass is 16.4. The van der Waals surface area contributed by atoms with E-state index in [2.05, 4.69) is 0 Å².